The van der Waals surface area contributed by atoms with Crippen LogP contribution in [0.15, 0.2) is 24.3 Å². The summed E-state index contributed by atoms with van der Waals surface area (Å²) in [4.78, 5) is 0. The Morgan fingerprint density at radius 3 is 2.47 bits per heavy atom. The highest BCUT2D eigenvalue weighted by Crippen LogP contribution is 2.24. The number of hydrogen-bond donors (Lipinski definition) is 1. The second-order valence-electron chi connectivity index (χ2n) is 3.07. The molecule has 0 aliphatic heterocycles. The fourth-order valence-electron chi connectivity index (χ4n) is 1.02. The molecule has 0 spiro atoms. The van der Waals surface area contributed by atoms with Gasteiger partial charge in [-0.3, -0.25) is 0 Å². The Labute approximate surface area is 85.3 Å². The van der Waals surface area contributed by atoms with Crippen molar-refractivity contribution in [1.29, 1.82) is 5.26 Å². The Morgan fingerprint density at radius 2 is 1.93 bits per heavy atom. The van der Waals surface area contributed by atoms with Gasteiger partial charge in [-0.15, -0.1) is 0 Å². The zero-order valence-electron chi connectivity index (χ0n) is 7.97. The molecule has 5 heteroatoms. The van der Waals surface area contributed by atoms with Crippen LogP contribution >= 0.6 is 0 Å². The molecule has 0 heterocycles. The van der Waals surface area contributed by atoms with Crippen LogP contribution in [0.1, 0.15) is 12.5 Å². The molecule has 15 heavy (non-hydrogen) atoms. The molecule has 0 saturated carbocycles. The number of nitriles is 1. The lowest BCUT2D eigenvalue weighted by Crippen LogP contribution is -2.33. The maximum Gasteiger partial charge on any atom is 0.408 e. The molecule has 0 bridgehead atoms. The van der Waals surface area contributed by atoms with Crippen LogP contribution in [0.3, 0.4) is 0 Å². The highest BCUT2D eigenvalue weighted by atomic mass is 19.4. The number of anilines is 1. The predicted molar refractivity (Wildman–Crippen MR) is 50.3 cm³/mol. The van der Waals surface area contributed by atoms with Crippen LogP contribution < -0.4 is 5.32 Å². The third-order valence-corrected chi connectivity index (χ3v) is 1.91. The van der Waals surface area contributed by atoms with Crippen molar-refractivity contribution in [3.63, 3.8) is 0 Å². The fourth-order valence-corrected chi connectivity index (χ4v) is 1.02. The number of halogens is 3. The van der Waals surface area contributed by atoms with Crippen LogP contribution in [0.2, 0.25) is 0 Å². The van der Waals surface area contributed by atoms with E-state index in [2.05, 4.69) is 5.32 Å². The van der Waals surface area contributed by atoms with E-state index in [0.717, 1.165) is 6.92 Å². The molecule has 0 amide bonds. The molecule has 1 aromatic carbocycles. The average Bonchev–Trinajstić information content (AvgIpc) is 2.17. The molecule has 0 aliphatic rings. The molecule has 80 valence electrons. The number of nitrogens with zero attached hydrogens (tertiary/aromatic N) is 1. The lowest BCUT2D eigenvalue weighted by atomic mass is 10.2. The third kappa shape index (κ3) is 2.88. The van der Waals surface area contributed by atoms with Crippen molar-refractivity contribution in [2.75, 3.05) is 5.32 Å². The molecule has 0 fully saturated rings. The van der Waals surface area contributed by atoms with Crippen molar-refractivity contribution in [2.45, 2.75) is 19.1 Å². The summed E-state index contributed by atoms with van der Waals surface area (Å²) in [5.41, 5.74) is 0.401. The SMILES string of the molecule is C[C@@H](Nc1ccccc1C#N)C(F)(F)F. The first kappa shape index (κ1) is 11.4. The summed E-state index contributed by atoms with van der Waals surface area (Å²) in [6.07, 6.45) is -4.32. The van der Waals surface area contributed by atoms with E-state index in [1.807, 2.05) is 6.07 Å². The van der Waals surface area contributed by atoms with Gasteiger partial charge in [0, 0.05) is 0 Å². The van der Waals surface area contributed by atoms with E-state index in [9.17, 15) is 13.2 Å². The van der Waals surface area contributed by atoms with Crippen molar-refractivity contribution < 1.29 is 13.2 Å². The third-order valence-electron chi connectivity index (χ3n) is 1.91. The van der Waals surface area contributed by atoms with Crippen LogP contribution in [0.4, 0.5) is 18.9 Å². The lowest BCUT2D eigenvalue weighted by Gasteiger charge is -2.18. The molecule has 0 unspecified atom stereocenters. The highest BCUT2D eigenvalue weighted by molar-refractivity contribution is 5.57. The molecule has 2 nitrogen and oxygen atoms in total. The zero-order valence-corrected chi connectivity index (χ0v) is 7.97. The summed E-state index contributed by atoms with van der Waals surface area (Å²) < 4.78 is 36.7. The van der Waals surface area contributed by atoms with E-state index in [-0.39, 0.29) is 11.3 Å². The quantitative estimate of drug-likeness (QED) is 0.821. The van der Waals surface area contributed by atoms with E-state index < -0.39 is 12.2 Å². The summed E-state index contributed by atoms with van der Waals surface area (Å²) >= 11 is 0. The number of hydrogen-bond acceptors (Lipinski definition) is 2. The van der Waals surface area contributed by atoms with Gasteiger partial charge in [0.1, 0.15) is 12.1 Å². The van der Waals surface area contributed by atoms with Crippen molar-refractivity contribution in [1.82, 2.24) is 0 Å². The molecule has 1 aromatic rings. The van der Waals surface area contributed by atoms with Gasteiger partial charge in [-0.25, -0.2) is 0 Å². The summed E-state index contributed by atoms with van der Waals surface area (Å²) in [7, 11) is 0. The molecule has 0 saturated heterocycles. The molecule has 0 radical (unpaired) electrons. The van der Waals surface area contributed by atoms with E-state index in [0.29, 0.717) is 0 Å². The lowest BCUT2D eigenvalue weighted by molar-refractivity contribution is -0.138. The predicted octanol–water partition coefficient (Wildman–Crippen LogP) is 2.92. The summed E-state index contributed by atoms with van der Waals surface area (Å²) in [6, 6.07) is 6.23. The molecule has 1 N–H and O–H groups in total. The fraction of sp³-hybridized carbons (Fsp3) is 0.300. The van der Waals surface area contributed by atoms with Crippen LogP contribution in [-0.2, 0) is 0 Å². The maximum absolute atomic E-state index is 12.2. The van der Waals surface area contributed by atoms with Gasteiger partial charge in [0.2, 0.25) is 0 Å². The van der Waals surface area contributed by atoms with Gasteiger partial charge in [-0.05, 0) is 19.1 Å². The van der Waals surface area contributed by atoms with Crippen LogP contribution in [0.25, 0.3) is 0 Å². The molecular formula is C10H9F3N2. The monoisotopic (exact) mass is 214 g/mol. The minimum atomic E-state index is -4.32. The Morgan fingerprint density at radius 1 is 1.33 bits per heavy atom. The van der Waals surface area contributed by atoms with Crippen molar-refractivity contribution in [3.05, 3.63) is 29.8 Å². The summed E-state index contributed by atoms with van der Waals surface area (Å²) in [5.74, 6) is 0. The number of para-hydroxylation sites is 1. The standard InChI is InChI=1S/C10H9F3N2/c1-7(10(11,12)13)15-9-5-3-2-4-8(9)6-14/h2-5,7,15H,1H3/t7-/m1/s1. The molecule has 1 atom stereocenters. The normalized spacial score (nSPS) is 13.0. The molecular weight excluding hydrogens is 205 g/mol. The Balaban J connectivity index is 2.86. The number of rotatable bonds is 2. The van der Waals surface area contributed by atoms with Gasteiger partial charge in [-0.1, -0.05) is 12.1 Å². The van der Waals surface area contributed by atoms with Gasteiger partial charge < -0.3 is 5.32 Å². The van der Waals surface area contributed by atoms with Crippen molar-refractivity contribution in [2.24, 2.45) is 0 Å². The molecule has 0 aromatic heterocycles. The minimum Gasteiger partial charge on any atom is -0.373 e. The minimum absolute atomic E-state index is 0.199. The molecule has 0 aliphatic carbocycles. The van der Waals surface area contributed by atoms with Crippen LogP contribution in [0, 0.1) is 11.3 Å². The second-order valence-corrected chi connectivity index (χ2v) is 3.07. The number of benzene rings is 1. The van der Waals surface area contributed by atoms with E-state index in [1.54, 1.807) is 12.1 Å². The van der Waals surface area contributed by atoms with E-state index in [4.69, 9.17) is 5.26 Å². The van der Waals surface area contributed by atoms with E-state index in [1.165, 1.54) is 12.1 Å². The van der Waals surface area contributed by atoms with Gasteiger partial charge >= 0.3 is 6.18 Å². The highest BCUT2D eigenvalue weighted by Gasteiger charge is 2.36. The summed E-state index contributed by atoms with van der Waals surface area (Å²) in [6.45, 7) is 1.01. The number of alkyl halides is 3. The first-order valence-corrected chi connectivity index (χ1v) is 4.27. The van der Waals surface area contributed by atoms with Gasteiger partial charge in [0.05, 0.1) is 11.3 Å². The smallest absolute Gasteiger partial charge is 0.373 e. The topological polar surface area (TPSA) is 35.8 Å². The van der Waals surface area contributed by atoms with Crippen LogP contribution in [-0.4, -0.2) is 12.2 Å². The Kier molecular flexibility index (Phi) is 3.20. The first-order valence-electron chi connectivity index (χ1n) is 4.27. The first-order chi connectivity index (χ1) is 6.95. The summed E-state index contributed by atoms with van der Waals surface area (Å²) in [5, 5.41) is 10.9. The second kappa shape index (κ2) is 4.22. The zero-order chi connectivity index (χ0) is 11.5. The van der Waals surface area contributed by atoms with Gasteiger partial charge in [-0.2, -0.15) is 18.4 Å². The Hall–Kier alpha value is -1.70. The maximum atomic E-state index is 12.2. The van der Waals surface area contributed by atoms with Crippen LogP contribution in [0.5, 0.6) is 0 Å². The Bertz CT molecular complexity index is 379. The molecule has 1 rings (SSSR count). The van der Waals surface area contributed by atoms with Gasteiger partial charge in [0.25, 0.3) is 0 Å². The van der Waals surface area contributed by atoms with Gasteiger partial charge in [0.15, 0.2) is 0 Å². The van der Waals surface area contributed by atoms with Crippen molar-refractivity contribution in [3.8, 4) is 6.07 Å². The average molecular weight is 214 g/mol. The van der Waals surface area contributed by atoms with Crippen molar-refractivity contribution >= 4 is 5.69 Å². The number of nitrogens with one attached hydrogen (secondary N) is 1. The largest absolute Gasteiger partial charge is 0.408 e. The van der Waals surface area contributed by atoms with E-state index >= 15 is 0 Å².